The van der Waals surface area contributed by atoms with E-state index in [4.69, 9.17) is 4.74 Å². The molecule has 0 saturated carbocycles. The summed E-state index contributed by atoms with van der Waals surface area (Å²) < 4.78 is 40.8. The van der Waals surface area contributed by atoms with E-state index in [1.165, 1.54) is 0 Å². The Morgan fingerprint density at radius 1 is 1.33 bits per heavy atom. The third kappa shape index (κ3) is 4.38. The molecule has 0 spiro atoms. The Morgan fingerprint density at radius 2 is 2.00 bits per heavy atom. The van der Waals surface area contributed by atoms with Gasteiger partial charge < -0.3 is 9.84 Å². The van der Waals surface area contributed by atoms with Crippen LogP contribution in [0.2, 0.25) is 0 Å². The molecule has 1 N–H and O–H groups in total. The first kappa shape index (κ1) is 12.8. The second kappa shape index (κ2) is 4.70. The van der Waals surface area contributed by atoms with Crippen LogP contribution in [0.3, 0.4) is 0 Å². The second-order valence-corrected chi connectivity index (χ2v) is 4.39. The topological polar surface area (TPSA) is 29.5 Å². The van der Waals surface area contributed by atoms with Gasteiger partial charge in [-0.25, -0.2) is 0 Å². The fourth-order valence-corrected chi connectivity index (χ4v) is 1.88. The molecule has 1 saturated heterocycles. The van der Waals surface area contributed by atoms with Gasteiger partial charge in [0.2, 0.25) is 0 Å². The van der Waals surface area contributed by atoms with Crippen molar-refractivity contribution in [3.63, 3.8) is 0 Å². The molecular weight excluding hydrogens is 209 g/mol. The predicted molar refractivity (Wildman–Crippen MR) is 49.5 cm³/mol. The summed E-state index contributed by atoms with van der Waals surface area (Å²) in [5.74, 6) is -0.0225. The van der Waals surface area contributed by atoms with Gasteiger partial charge in [0.05, 0.1) is 12.2 Å². The van der Waals surface area contributed by atoms with Crippen LogP contribution < -0.4 is 0 Å². The van der Waals surface area contributed by atoms with Crippen LogP contribution in [0, 0.1) is 5.92 Å². The number of aliphatic hydroxyl groups is 1. The number of hydrogen-bond donors (Lipinski definition) is 1. The minimum absolute atomic E-state index is 0.0208. The molecule has 5 heteroatoms. The van der Waals surface area contributed by atoms with E-state index in [1.807, 2.05) is 0 Å². The summed E-state index contributed by atoms with van der Waals surface area (Å²) in [5.41, 5.74) is -1.03. The second-order valence-electron chi connectivity index (χ2n) is 4.39. The van der Waals surface area contributed by atoms with E-state index in [9.17, 15) is 18.3 Å². The van der Waals surface area contributed by atoms with Gasteiger partial charge in [0.1, 0.15) is 0 Å². The van der Waals surface area contributed by atoms with E-state index in [0.29, 0.717) is 13.2 Å². The molecule has 1 fully saturated rings. The highest BCUT2D eigenvalue weighted by Crippen LogP contribution is 2.32. The maximum atomic E-state index is 11.9. The fraction of sp³-hybridized carbons (Fsp3) is 1.00. The van der Waals surface area contributed by atoms with Crippen LogP contribution >= 0.6 is 0 Å². The maximum Gasteiger partial charge on any atom is 0.389 e. The van der Waals surface area contributed by atoms with Crippen molar-refractivity contribution >= 4 is 0 Å². The molecule has 15 heavy (non-hydrogen) atoms. The lowest BCUT2D eigenvalue weighted by atomic mass is 9.84. The molecule has 90 valence electrons. The van der Waals surface area contributed by atoms with Crippen LogP contribution in [0.5, 0.6) is 0 Å². The first-order valence-corrected chi connectivity index (χ1v) is 5.18. The average molecular weight is 226 g/mol. The molecule has 1 aliphatic heterocycles. The fourth-order valence-electron chi connectivity index (χ4n) is 1.88. The van der Waals surface area contributed by atoms with E-state index in [-0.39, 0.29) is 18.8 Å². The Balaban J connectivity index is 2.29. The summed E-state index contributed by atoms with van der Waals surface area (Å²) in [6.45, 7) is 2.65. The molecule has 0 aromatic rings. The van der Waals surface area contributed by atoms with Crippen molar-refractivity contribution in [3.05, 3.63) is 0 Å². The maximum absolute atomic E-state index is 11.9. The van der Waals surface area contributed by atoms with Crippen molar-refractivity contribution in [1.29, 1.82) is 0 Å². The lowest BCUT2D eigenvalue weighted by Gasteiger charge is -2.29. The van der Waals surface area contributed by atoms with Crippen LogP contribution in [-0.4, -0.2) is 30.1 Å². The molecule has 0 radical (unpaired) electrons. The molecule has 0 bridgehead atoms. The van der Waals surface area contributed by atoms with Gasteiger partial charge in [0, 0.05) is 18.9 Å². The first-order valence-electron chi connectivity index (χ1n) is 5.18. The molecule has 1 heterocycles. The molecule has 0 aromatic heterocycles. The standard InChI is InChI=1S/C10H17F3O2/c1-9(14,8-3-6-15-7-8)4-2-5-10(11,12)13/h8,14H,2-7H2,1H3. The molecule has 0 aliphatic carbocycles. The van der Waals surface area contributed by atoms with Gasteiger partial charge >= 0.3 is 6.18 Å². The molecule has 1 aliphatic rings. The molecule has 0 amide bonds. The lowest BCUT2D eigenvalue weighted by molar-refractivity contribution is -0.138. The number of alkyl halides is 3. The van der Waals surface area contributed by atoms with E-state index < -0.39 is 18.2 Å². The Kier molecular flexibility index (Phi) is 4.00. The third-order valence-corrected chi connectivity index (χ3v) is 2.95. The van der Waals surface area contributed by atoms with E-state index in [2.05, 4.69) is 0 Å². The minimum atomic E-state index is -4.12. The zero-order valence-corrected chi connectivity index (χ0v) is 8.81. The van der Waals surface area contributed by atoms with Crippen molar-refractivity contribution in [1.82, 2.24) is 0 Å². The Morgan fingerprint density at radius 3 is 2.47 bits per heavy atom. The highest BCUT2D eigenvalue weighted by atomic mass is 19.4. The van der Waals surface area contributed by atoms with Crippen molar-refractivity contribution < 1.29 is 23.0 Å². The molecule has 2 atom stereocenters. The quantitative estimate of drug-likeness (QED) is 0.798. The van der Waals surface area contributed by atoms with Crippen LogP contribution in [-0.2, 0) is 4.74 Å². The minimum Gasteiger partial charge on any atom is -0.390 e. The molecule has 2 nitrogen and oxygen atoms in total. The zero-order valence-electron chi connectivity index (χ0n) is 8.81. The summed E-state index contributed by atoms with van der Waals surface area (Å²) in [6.07, 6.45) is -4.05. The average Bonchev–Trinajstić information content (AvgIpc) is 2.52. The van der Waals surface area contributed by atoms with Gasteiger partial charge in [0.25, 0.3) is 0 Å². The normalized spacial score (nSPS) is 26.6. The van der Waals surface area contributed by atoms with Gasteiger partial charge in [0.15, 0.2) is 0 Å². The summed E-state index contributed by atoms with van der Waals surface area (Å²) in [4.78, 5) is 0. The van der Waals surface area contributed by atoms with Crippen molar-refractivity contribution in [2.24, 2.45) is 5.92 Å². The van der Waals surface area contributed by atoms with Gasteiger partial charge in [-0.1, -0.05) is 0 Å². The zero-order chi connectivity index (χ0) is 11.5. The third-order valence-electron chi connectivity index (χ3n) is 2.95. The Hall–Kier alpha value is -0.290. The number of rotatable bonds is 4. The SMILES string of the molecule is CC(O)(CCCC(F)(F)F)C1CCOC1. The van der Waals surface area contributed by atoms with Gasteiger partial charge in [-0.15, -0.1) is 0 Å². The van der Waals surface area contributed by atoms with Crippen LogP contribution in [0.15, 0.2) is 0 Å². The lowest BCUT2D eigenvalue weighted by Crippen LogP contribution is -2.35. The number of halogens is 3. The summed E-state index contributed by atoms with van der Waals surface area (Å²) in [6, 6.07) is 0. The van der Waals surface area contributed by atoms with Gasteiger partial charge in [-0.2, -0.15) is 13.2 Å². The van der Waals surface area contributed by atoms with Crippen LogP contribution in [0.25, 0.3) is 0 Å². The van der Waals surface area contributed by atoms with E-state index in [0.717, 1.165) is 6.42 Å². The highest BCUT2D eigenvalue weighted by Gasteiger charge is 2.35. The van der Waals surface area contributed by atoms with Crippen LogP contribution in [0.4, 0.5) is 13.2 Å². The number of ether oxygens (including phenoxy) is 1. The van der Waals surface area contributed by atoms with Crippen LogP contribution in [0.1, 0.15) is 32.6 Å². The molecule has 2 unspecified atom stereocenters. The van der Waals surface area contributed by atoms with Crippen molar-refractivity contribution in [2.45, 2.75) is 44.4 Å². The molecule has 0 aromatic carbocycles. The van der Waals surface area contributed by atoms with E-state index in [1.54, 1.807) is 6.92 Å². The predicted octanol–water partition coefficient (Wildman–Crippen LogP) is 2.51. The van der Waals surface area contributed by atoms with E-state index >= 15 is 0 Å². The van der Waals surface area contributed by atoms with Crippen molar-refractivity contribution in [2.75, 3.05) is 13.2 Å². The Bertz CT molecular complexity index is 195. The molecule has 1 rings (SSSR count). The largest absolute Gasteiger partial charge is 0.390 e. The molecular formula is C10H17F3O2. The van der Waals surface area contributed by atoms with Gasteiger partial charge in [-0.05, 0) is 26.2 Å². The summed E-state index contributed by atoms with van der Waals surface area (Å²) in [7, 11) is 0. The monoisotopic (exact) mass is 226 g/mol. The van der Waals surface area contributed by atoms with Gasteiger partial charge in [-0.3, -0.25) is 0 Å². The number of hydrogen-bond acceptors (Lipinski definition) is 2. The summed E-state index contributed by atoms with van der Waals surface area (Å²) >= 11 is 0. The smallest absolute Gasteiger partial charge is 0.389 e. The summed E-state index contributed by atoms with van der Waals surface area (Å²) in [5, 5.41) is 9.96. The highest BCUT2D eigenvalue weighted by molar-refractivity contribution is 4.84. The van der Waals surface area contributed by atoms with Crippen molar-refractivity contribution in [3.8, 4) is 0 Å². The first-order chi connectivity index (χ1) is 6.81. The Labute approximate surface area is 87.4 Å².